The fourth-order valence-corrected chi connectivity index (χ4v) is 0.709. The van der Waals surface area contributed by atoms with Crippen LogP contribution in [0, 0.1) is 0 Å². The molecule has 0 fully saturated rings. The number of methoxy groups -OCH3 is 1. The molecule has 3 nitrogen and oxygen atoms in total. The zero-order valence-corrected chi connectivity index (χ0v) is 6.45. The van der Waals surface area contributed by atoms with E-state index >= 15 is 0 Å². The highest BCUT2D eigenvalue weighted by atomic mass is 35.5. The number of rotatable bonds is 2. The summed E-state index contributed by atoms with van der Waals surface area (Å²) in [5, 5.41) is 0. The van der Waals surface area contributed by atoms with Crippen LogP contribution in [-0.4, -0.2) is 30.1 Å². The van der Waals surface area contributed by atoms with E-state index in [4.69, 9.17) is 23.2 Å². The van der Waals surface area contributed by atoms with Gasteiger partial charge in [0.2, 0.25) is 0 Å². The Morgan fingerprint density at radius 2 is 2.00 bits per heavy atom. The lowest BCUT2D eigenvalue weighted by Crippen LogP contribution is -2.28. The molecule has 54 valence electrons. The Bertz CT molecular complexity index is 94.6. The fourth-order valence-electron chi connectivity index (χ4n) is 0.259. The van der Waals surface area contributed by atoms with Crippen molar-refractivity contribution >= 4 is 29.3 Å². The van der Waals surface area contributed by atoms with Crippen LogP contribution in [0.3, 0.4) is 0 Å². The number of ether oxygens (including phenoxy) is 1. The van der Waals surface area contributed by atoms with Gasteiger partial charge in [-0.2, -0.15) is 0 Å². The predicted molar refractivity (Wildman–Crippen MR) is 35.7 cm³/mol. The summed E-state index contributed by atoms with van der Waals surface area (Å²) < 4.78 is 4.31. The van der Waals surface area contributed by atoms with Crippen molar-refractivity contribution in [3.05, 3.63) is 0 Å². The van der Waals surface area contributed by atoms with Gasteiger partial charge in [0.1, 0.15) is 12.0 Å². The molecular weight excluding hydrogens is 165 g/mol. The maximum atomic E-state index is 10.5. The van der Waals surface area contributed by atoms with Gasteiger partial charge in [-0.25, -0.2) is 4.79 Å². The molecule has 9 heavy (non-hydrogen) atoms. The molecule has 0 unspecified atom stereocenters. The largest absolute Gasteiger partial charge is 0.453 e. The second-order valence-corrected chi connectivity index (χ2v) is 1.73. The standard InChI is InChI=1S/C4H7Cl2NO2/c1-9-4(8)7(2-5)3-6/h2-3H2,1H3. The SMILES string of the molecule is COC(=O)N(CCl)CCl. The number of amides is 1. The highest BCUT2D eigenvalue weighted by Gasteiger charge is 2.08. The highest BCUT2D eigenvalue weighted by Crippen LogP contribution is 1.96. The molecule has 0 rings (SSSR count). The molecule has 0 N–H and O–H groups in total. The van der Waals surface area contributed by atoms with Gasteiger partial charge in [0, 0.05) is 0 Å². The number of alkyl halides is 2. The van der Waals surface area contributed by atoms with E-state index in [1.54, 1.807) is 0 Å². The van der Waals surface area contributed by atoms with Crippen molar-refractivity contribution in [3.8, 4) is 0 Å². The summed E-state index contributed by atoms with van der Waals surface area (Å²) >= 11 is 10.6. The first-order valence-electron chi connectivity index (χ1n) is 2.21. The summed E-state index contributed by atoms with van der Waals surface area (Å²) in [7, 11) is 1.27. The molecule has 0 spiro atoms. The lowest BCUT2D eigenvalue weighted by molar-refractivity contribution is 0.137. The molecule has 0 aliphatic heterocycles. The van der Waals surface area contributed by atoms with E-state index in [0.717, 1.165) is 4.90 Å². The minimum absolute atomic E-state index is 0.0518. The smallest absolute Gasteiger partial charge is 0.411 e. The van der Waals surface area contributed by atoms with E-state index in [1.807, 2.05) is 0 Å². The summed E-state index contributed by atoms with van der Waals surface area (Å²) in [5.74, 6) is 0. The number of hydrogen-bond acceptors (Lipinski definition) is 2. The first-order chi connectivity index (χ1) is 4.26. The monoisotopic (exact) mass is 171 g/mol. The summed E-state index contributed by atoms with van der Waals surface area (Å²) in [6, 6.07) is 0.104. The molecular formula is C4H7Cl2NO2. The summed E-state index contributed by atoms with van der Waals surface area (Å²) in [6.07, 6.45) is -0.514. The van der Waals surface area contributed by atoms with Crippen LogP contribution >= 0.6 is 23.2 Å². The average Bonchev–Trinajstić information content (AvgIpc) is 1.90. The molecule has 0 aliphatic rings. The maximum absolute atomic E-state index is 10.5. The average molecular weight is 172 g/mol. The van der Waals surface area contributed by atoms with Crippen molar-refractivity contribution in [1.29, 1.82) is 0 Å². The van der Waals surface area contributed by atoms with Gasteiger partial charge in [-0.05, 0) is 0 Å². The Morgan fingerprint density at radius 1 is 1.56 bits per heavy atom. The van der Waals surface area contributed by atoms with E-state index in [-0.39, 0.29) is 12.0 Å². The van der Waals surface area contributed by atoms with Crippen LogP contribution in [0.1, 0.15) is 0 Å². The van der Waals surface area contributed by atoms with Crippen molar-refractivity contribution < 1.29 is 9.53 Å². The lowest BCUT2D eigenvalue weighted by Gasteiger charge is -2.12. The molecule has 0 saturated heterocycles. The zero-order valence-electron chi connectivity index (χ0n) is 4.93. The first-order valence-corrected chi connectivity index (χ1v) is 3.28. The Morgan fingerprint density at radius 3 is 2.11 bits per heavy atom. The van der Waals surface area contributed by atoms with Gasteiger partial charge in [0.05, 0.1) is 7.11 Å². The van der Waals surface area contributed by atoms with Crippen LogP contribution in [-0.2, 0) is 4.74 Å². The molecule has 0 aliphatic carbocycles. The normalized spacial score (nSPS) is 8.78. The third-order valence-electron chi connectivity index (χ3n) is 0.721. The van der Waals surface area contributed by atoms with E-state index in [0.29, 0.717) is 0 Å². The molecule has 1 amide bonds. The zero-order chi connectivity index (χ0) is 7.28. The van der Waals surface area contributed by atoms with Gasteiger partial charge in [0.25, 0.3) is 0 Å². The van der Waals surface area contributed by atoms with E-state index in [9.17, 15) is 4.79 Å². The molecule has 0 aromatic carbocycles. The van der Waals surface area contributed by atoms with Crippen LogP contribution in [0.15, 0.2) is 0 Å². The minimum Gasteiger partial charge on any atom is -0.453 e. The Hall–Kier alpha value is -0.150. The van der Waals surface area contributed by atoms with Crippen molar-refractivity contribution in [2.45, 2.75) is 0 Å². The topological polar surface area (TPSA) is 29.5 Å². The van der Waals surface area contributed by atoms with Gasteiger partial charge in [0.15, 0.2) is 0 Å². The van der Waals surface area contributed by atoms with Gasteiger partial charge >= 0.3 is 6.09 Å². The Labute approximate surface area is 63.5 Å². The first kappa shape index (κ1) is 8.85. The van der Waals surface area contributed by atoms with E-state index < -0.39 is 6.09 Å². The van der Waals surface area contributed by atoms with Crippen LogP contribution < -0.4 is 0 Å². The lowest BCUT2D eigenvalue weighted by atomic mass is 10.9. The number of carbonyl (C=O) groups excluding carboxylic acids is 1. The van der Waals surface area contributed by atoms with Gasteiger partial charge in [-0.3, -0.25) is 4.90 Å². The van der Waals surface area contributed by atoms with Gasteiger partial charge in [-0.15, -0.1) is 23.2 Å². The fraction of sp³-hybridized carbons (Fsp3) is 0.750. The van der Waals surface area contributed by atoms with Crippen LogP contribution in [0.25, 0.3) is 0 Å². The molecule has 0 heterocycles. The Kier molecular flexibility index (Phi) is 4.62. The van der Waals surface area contributed by atoms with Gasteiger partial charge < -0.3 is 4.74 Å². The predicted octanol–water partition coefficient (Wildman–Crippen LogP) is 1.45. The molecule has 0 aromatic rings. The highest BCUT2D eigenvalue weighted by molar-refractivity contribution is 6.21. The van der Waals surface area contributed by atoms with Crippen molar-refractivity contribution in [2.75, 3.05) is 19.1 Å². The molecule has 0 bridgehead atoms. The van der Waals surface area contributed by atoms with Crippen LogP contribution in [0.5, 0.6) is 0 Å². The summed E-state index contributed by atoms with van der Waals surface area (Å²) in [4.78, 5) is 11.7. The molecule has 0 saturated carbocycles. The number of nitrogens with zero attached hydrogens (tertiary/aromatic N) is 1. The van der Waals surface area contributed by atoms with Crippen molar-refractivity contribution in [3.63, 3.8) is 0 Å². The molecule has 0 radical (unpaired) electrons. The second kappa shape index (κ2) is 4.70. The molecule has 0 aromatic heterocycles. The number of hydrogen-bond donors (Lipinski definition) is 0. The molecule has 0 atom stereocenters. The van der Waals surface area contributed by atoms with Crippen molar-refractivity contribution in [1.82, 2.24) is 4.90 Å². The summed E-state index contributed by atoms with van der Waals surface area (Å²) in [6.45, 7) is 0. The van der Waals surface area contributed by atoms with Gasteiger partial charge in [-0.1, -0.05) is 0 Å². The molecule has 5 heteroatoms. The third kappa shape index (κ3) is 2.77. The summed E-state index contributed by atoms with van der Waals surface area (Å²) in [5.41, 5.74) is 0. The second-order valence-electron chi connectivity index (χ2n) is 1.25. The van der Waals surface area contributed by atoms with Crippen LogP contribution in [0.2, 0.25) is 0 Å². The minimum atomic E-state index is -0.514. The Balaban J connectivity index is 3.64. The van der Waals surface area contributed by atoms with E-state index in [1.165, 1.54) is 7.11 Å². The third-order valence-corrected chi connectivity index (χ3v) is 1.30. The van der Waals surface area contributed by atoms with Crippen molar-refractivity contribution in [2.24, 2.45) is 0 Å². The number of halogens is 2. The van der Waals surface area contributed by atoms with E-state index in [2.05, 4.69) is 4.74 Å². The quantitative estimate of drug-likeness (QED) is 0.466. The van der Waals surface area contributed by atoms with Crippen LogP contribution in [0.4, 0.5) is 4.79 Å². The maximum Gasteiger partial charge on any atom is 0.411 e. The number of carbonyl (C=O) groups is 1.